The van der Waals surface area contributed by atoms with Gasteiger partial charge in [0, 0.05) is 25.1 Å². The minimum atomic E-state index is -0.559. The molecule has 0 saturated carbocycles. The van der Waals surface area contributed by atoms with E-state index in [1.165, 1.54) is 7.11 Å². The Balaban J connectivity index is 1.97. The van der Waals surface area contributed by atoms with E-state index >= 15 is 0 Å². The van der Waals surface area contributed by atoms with Gasteiger partial charge in [-0.25, -0.2) is 9.59 Å². The lowest BCUT2D eigenvalue weighted by Crippen LogP contribution is -2.35. The number of hydrogen-bond acceptors (Lipinski definition) is 6. The standard InChI is InChI=1S/C14H20N2O5/c1-14(2,3)20-13(18)16-6-5-9(8-16)10-7-11(21-15-10)12(17)19-4/h7,9H,5-6,8H2,1-4H3. The summed E-state index contributed by atoms with van der Waals surface area (Å²) in [5.41, 5.74) is 0.141. The summed E-state index contributed by atoms with van der Waals surface area (Å²) >= 11 is 0. The molecule has 21 heavy (non-hydrogen) atoms. The summed E-state index contributed by atoms with van der Waals surface area (Å²) in [6.45, 7) is 6.60. The van der Waals surface area contributed by atoms with E-state index in [0.717, 1.165) is 6.42 Å². The Kier molecular flexibility index (Phi) is 4.20. The number of rotatable bonds is 2. The first-order chi connectivity index (χ1) is 9.80. The van der Waals surface area contributed by atoms with Crippen LogP contribution in [0, 0.1) is 0 Å². The Morgan fingerprint density at radius 3 is 2.76 bits per heavy atom. The van der Waals surface area contributed by atoms with Crippen molar-refractivity contribution < 1.29 is 23.6 Å². The van der Waals surface area contributed by atoms with Crippen LogP contribution in [-0.4, -0.2) is 47.9 Å². The molecule has 1 aliphatic heterocycles. The van der Waals surface area contributed by atoms with Gasteiger partial charge in [-0.15, -0.1) is 0 Å². The quantitative estimate of drug-likeness (QED) is 0.778. The van der Waals surface area contributed by atoms with Crippen molar-refractivity contribution in [3.63, 3.8) is 0 Å². The first-order valence-corrected chi connectivity index (χ1v) is 6.83. The van der Waals surface area contributed by atoms with Gasteiger partial charge in [-0.2, -0.15) is 0 Å². The number of aromatic nitrogens is 1. The number of likely N-dealkylation sites (tertiary alicyclic amines) is 1. The number of hydrogen-bond donors (Lipinski definition) is 0. The second-order valence-electron chi connectivity index (χ2n) is 6.02. The van der Waals surface area contributed by atoms with Crippen LogP contribution in [0.1, 0.15) is 49.4 Å². The van der Waals surface area contributed by atoms with Gasteiger partial charge in [-0.3, -0.25) is 0 Å². The topological polar surface area (TPSA) is 81.9 Å². The molecule has 2 heterocycles. The Morgan fingerprint density at radius 1 is 1.43 bits per heavy atom. The van der Waals surface area contributed by atoms with Crippen LogP contribution in [0.25, 0.3) is 0 Å². The third-order valence-electron chi connectivity index (χ3n) is 3.17. The zero-order valence-electron chi connectivity index (χ0n) is 12.7. The Morgan fingerprint density at radius 2 is 2.14 bits per heavy atom. The van der Waals surface area contributed by atoms with E-state index in [1.807, 2.05) is 20.8 Å². The number of ether oxygens (including phenoxy) is 2. The van der Waals surface area contributed by atoms with Gasteiger partial charge in [-0.05, 0) is 27.2 Å². The van der Waals surface area contributed by atoms with Crippen molar-refractivity contribution in [2.24, 2.45) is 0 Å². The predicted molar refractivity (Wildman–Crippen MR) is 73.0 cm³/mol. The summed E-state index contributed by atoms with van der Waals surface area (Å²) in [5, 5.41) is 3.88. The van der Waals surface area contributed by atoms with Gasteiger partial charge in [0.05, 0.1) is 12.8 Å². The van der Waals surface area contributed by atoms with Crippen LogP contribution in [0.4, 0.5) is 4.79 Å². The minimum Gasteiger partial charge on any atom is -0.463 e. The smallest absolute Gasteiger partial charge is 0.410 e. The third kappa shape index (κ3) is 3.74. The van der Waals surface area contributed by atoms with Gasteiger partial charge in [0.25, 0.3) is 0 Å². The van der Waals surface area contributed by atoms with Crippen molar-refractivity contribution in [3.8, 4) is 0 Å². The van der Waals surface area contributed by atoms with Crippen LogP contribution in [0.15, 0.2) is 10.6 Å². The van der Waals surface area contributed by atoms with E-state index < -0.39 is 11.6 Å². The summed E-state index contributed by atoms with van der Waals surface area (Å²) in [7, 11) is 1.28. The molecule has 7 nitrogen and oxygen atoms in total. The lowest BCUT2D eigenvalue weighted by atomic mass is 10.1. The highest BCUT2D eigenvalue weighted by molar-refractivity contribution is 5.86. The van der Waals surface area contributed by atoms with Crippen molar-refractivity contribution in [1.29, 1.82) is 0 Å². The third-order valence-corrected chi connectivity index (χ3v) is 3.17. The molecule has 0 spiro atoms. The molecule has 0 bridgehead atoms. The molecule has 1 saturated heterocycles. The van der Waals surface area contributed by atoms with Gasteiger partial charge in [0.2, 0.25) is 5.76 Å². The van der Waals surface area contributed by atoms with Gasteiger partial charge < -0.3 is 18.9 Å². The number of esters is 1. The van der Waals surface area contributed by atoms with Crippen LogP contribution in [0.5, 0.6) is 0 Å². The number of amides is 1. The van der Waals surface area contributed by atoms with Crippen LogP contribution in [-0.2, 0) is 9.47 Å². The Bertz CT molecular complexity index is 532. The molecular formula is C14H20N2O5. The van der Waals surface area contributed by atoms with Gasteiger partial charge in [0.15, 0.2) is 0 Å². The largest absolute Gasteiger partial charge is 0.463 e. The molecule has 0 aliphatic carbocycles. The van der Waals surface area contributed by atoms with Crippen LogP contribution in [0.2, 0.25) is 0 Å². The molecule has 1 aliphatic rings. The molecular weight excluding hydrogens is 276 g/mol. The first-order valence-electron chi connectivity index (χ1n) is 6.83. The molecule has 1 aromatic rings. The van der Waals surface area contributed by atoms with Crippen molar-refractivity contribution in [3.05, 3.63) is 17.5 Å². The van der Waals surface area contributed by atoms with E-state index in [0.29, 0.717) is 18.8 Å². The van der Waals surface area contributed by atoms with Crippen LogP contribution >= 0.6 is 0 Å². The zero-order chi connectivity index (χ0) is 15.6. The SMILES string of the molecule is COC(=O)c1cc(C2CCN(C(=O)OC(C)(C)C)C2)no1. The van der Waals surface area contributed by atoms with E-state index in [1.54, 1.807) is 11.0 Å². The van der Waals surface area contributed by atoms with Crippen LogP contribution < -0.4 is 0 Å². The highest BCUT2D eigenvalue weighted by Crippen LogP contribution is 2.28. The van der Waals surface area contributed by atoms with Gasteiger partial charge >= 0.3 is 12.1 Å². The molecule has 116 valence electrons. The fourth-order valence-electron chi connectivity index (χ4n) is 2.17. The van der Waals surface area contributed by atoms with Gasteiger partial charge in [0.1, 0.15) is 5.60 Å². The van der Waals surface area contributed by atoms with Crippen molar-refractivity contribution >= 4 is 12.1 Å². The molecule has 0 N–H and O–H groups in total. The molecule has 0 radical (unpaired) electrons. The van der Waals surface area contributed by atoms with Crippen LogP contribution in [0.3, 0.4) is 0 Å². The first kappa shape index (κ1) is 15.3. The molecule has 0 aromatic carbocycles. The Hall–Kier alpha value is -2.05. The molecule has 7 heteroatoms. The molecule has 1 aromatic heterocycles. The Labute approximate surface area is 123 Å². The lowest BCUT2D eigenvalue weighted by Gasteiger charge is -2.24. The summed E-state index contributed by atoms with van der Waals surface area (Å²) < 4.78 is 14.9. The summed E-state index contributed by atoms with van der Waals surface area (Å²) in [5.74, 6) is -0.446. The number of carbonyl (C=O) groups is 2. The van der Waals surface area contributed by atoms with Crippen molar-refractivity contribution in [2.45, 2.75) is 38.7 Å². The predicted octanol–water partition coefficient (Wildman–Crippen LogP) is 2.19. The molecule has 2 rings (SSSR count). The number of methoxy groups -OCH3 is 1. The van der Waals surface area contributed by atoms with E-state index in [-0.39, 0.29) is 17.8 Å². The number of nitrogens with zero attached hydrogens (tertiary/aromatic N) is 2. The minimum absolute atomic E-state index is 0.0414. The summed E-state index contributed by atoms with van der Waals surface area (Å²) in [6.07, 6.45) is 0.425. The average Bonchev–Trinajstić information content (AvgIpc) is 3.04. The van der Waals surface area contributed by atoms with Crippen molar-refractivity contribution in [2.75, 3.05) is 20.2 Å². The molecule has 1 fully saturated rings. The van der Waals surface area contributed by atoms with E-state index in [9.17, 15) is 9.59 Å². The normalized spacial score (nSPS) is 18.7. The van der Waals surface area contributed by atoms with E-state index in [2.05, 4.69) is 9.89 Å². The highest BCUT2D eigenvalue weighted by atomic mass is 16.6. The maximum atomic E-state index is 12.0. The summed E-state index contributed by atoms with van der Waals surface area (Å²) in [4.78, 5) is 25.0. The second-order valence-corrected chi connectivity index (χ2v) is 6.02. The highest BCUT2D eigenvalue weighted by Gasteiger charge is 2.32. The zero-order valence-corrected chi connectivity index (χ0v) is 12.7. The molecule has 1 amide bonds. The molecule has 1 unspecified atom stereocenters. The molecule has 1 atom stereocenters. The fraction of sp³-hybridized carbons (Fsp3) is 0.643. The van der Waals surface area contributed by atoms with E-state index in [4.69, 9.17) is 9.26 Å². The average molecular weight is 296 g/mol. The summed E-state index contributed by atoms with van der Waals surface area (Å²) in [6, 6.07) is 1.56. The monoisotopic (exact) mass is 296 g/mol. The fourth-order valence-corrected chi connectivity index (χ4v) is 2.17. The lowest BCUT2D eigenvalue weighted by molar-refractivity contribution is 0.0292. The number of carbonyl (C=O) groups excluding carboxylic acids is 2. The van der Waals surface area contributed by atoms with Gasteiger partial charge in [-0.1, -0.05) is 5.16 Å². The van der Waals surface area contributed by atoms with Crippen molar-refractivity contribution in [1.82, 2.24) is 10.1 Å². The maximum absolute atomic E-state index is 12.0. The second kappa shape index (κ2) is 5.75. The maximum Gasteiger partial charge on any atom is 0.410 e.